The van der Waals surface area contributed by atoms with E-state index >= 15 is 0 Å². The number of hydrogen-bond donors (Lipinski definition) is 1. The van der Waals surface area contributed by atoms with Crippen LogP contribution in [0.25, 0.3) is 0 Å². The Morgan fingerprint density at radius 1 is 1.50 bits per heavy atom. The minimum absolute atomic E-state index is 0.474. The first-order valence-corrected chi connectivity index (χ1v) is 4.47. The fraction of sp³-hybridized carbons (Fsp3) is 0.444. The van der Waals surface area contributed by atoms with Crippen LogP contribution in [0, 0.1) is 11.3 Å². The Labute approximate surface area is 83.2 Å². The molecule has 1 aromatic rings. The summed E-state index contributed by atoms with van der Waals surface area (Å²) in [6.45, 7) is 3.43. The van der Waals surface area contributed by atoms with Crippen molar-refractivity contribution in [2.24, 2.45) is 0 Å². The molecule has 0 atom stereocenters. The Hall–Kier alpha value is -1.83. The van der Waals surface area contributed by atoms with Crippen molar-refractivity contribution < 1.29 is 0 Å². The number of aromatic nitrogens is 2. The van der Waals surface area contributed by atoms with Crippen LogP contribution in [0.3, 0.4) is 0 Å². The SMILES string of the molecule is CCN(CCC#N)c1ncc(N)cn1. The normalized spacial score (nSPS) is 9.43. The summed E-state index contributed by atoms with van der Waals surface area (Å²) < 4.78 is 0. The number of rotatable bonds is 4. The molecule has 0 saturated heterocycles. The van der Waals surface area contributed by atoms with Crippen molar-refractivity contribution in [2.75, 3.05) is 23.7 Å². The molecule has 0 aliphatic rings. The maximum atomic E-state index is 8.46. The van der Waals surface area contributed by atoms with E-state index in [4.69, 9.17) is 11.0 Å². The van der Waals surface area contributed by atoms with E-state index in [1.807, 2.05) is 11.8 Å². The summed E-state index contributed by atoms with van der Waals surface area (Å²) in [5.74, 6) is 0.622. The lowest BCUT2D eigenvalue weighted by molar-refractivity contribution is 0.791. The van der Waals surface area contributed by atoms with Gasteiger partial charge >= 0.3 is 0 Å². The zero-order chi connectivity index (χ0) is 10.4. The van der Waals surface area contributed by atoms with Gasteiger partial charge < -0.3 is 10.6 Å². The van der Waals surface area contributed by atoms with Gasteiger partial charge in [0.05, 0.1) is 30.6 Å². The molecule has 0 bridgehead atoms. The Balaban J connectivity index is 2.69. The van der Waals surface area contributed by atoms with E-state index in [1.165, 1.54) is 0 Å². The molecule has 5 heteroatoms. The molecule has 0 aliphatic heterocycles. The first-order valence-electron chi connectivity index (χ1n) is 4.47. The van der Waals surface area contributed by atoms with Gasteiger partial charge in [-0.15, -0.1) is 0 Å². The van der Waals surface area contributed by atoms with E-state index in [1.54, 1.807) is 12.4 Å². The van der Waals surface area contributed by atoms with Crippen LogP contribution in [-0.4, -0.2) is 23.1 Å². The predicted molar refractivity (Wildman–Crippen MR) is 54.6 cm³/mol. The number of anilines is 2. The second kappa shape index (κ2) is 5.02. The highest BCUT2D eigenvalue weighted by molar-refractivity contribution is 5.37. The van der Waals surface area contributed by atoms with E-state index in [-0.39, 0.29) is 0 Å². The van der Waals surface area contributed by atoms with Gasteiger partial charge in [0.25, 0.3) is 0 Å². The van der Waals surface area contributed by atoms with Crippen molar-refractivity contribution >= 4 is 11.6 Å². The van der Waals surface area contributed by atoms with Gasteiger partial charge in [0.1, 0.15) is 0 Å². The largest absolute Gasteiger partial charge is 0.396 e. The second-order valence-corrected chi connectivity index (χ2v) is 2.80. The number of nitrogens with two attached hydrogens (primary N) is 1. The summed E-state index contributed by atoms with van der Waals surface area (Å²) in [6, 6.07) is 2.09. The number of nitrogen functional groups attached to an aromatic ring is 1. The van der Waals surface area contributed by atoms with Crippen molar-refractivity contribution in [1.29, 1.82) is 5.26 Å². The number of hydrogen-bond acceptors (Lipinski definition) is 5. The first kappa shape index (κ1) is 10.3. The molecule has 0 aliphatic carbocycles. The topological polar surface area (TPSA) is 78.8 Å². The highest BCUT2D eigenvalue weighted by Gasteiger charge is 2.05. The molecule has 0 radical (unpaired) electrons. The molecular formula is C9H13N5. The minimum atomic E-state index is 0.474. The molecule has 0 unspecified atom stereocenters. The van der Waals surface area contributed by atoms with Crippen LogP contribution in [0.1, 0.15) is 13.3 Å². The van der Waals surface area contributed by atoms with Gasteiger partial charge in [0.15, 0.2) is 0 Å². The summed E-state index contributed by atoms with van der Waals surface area (Å²) in [5, 5.41) is 8.46. The third-order valence-corrected chi connectivity index (χ3v) is 1.82. The molecule has 0 amide bonds. The third-order valence-electron chi connectivity index (χ3n) is 1.82. The van der Waals surface area contributed by atoms with Crippen LogP contribution in [0.5, 0.6) is 0 Å². The maximum Gasteiger partial charge on any atom is 0.225 e. The van der Waals surface area contributed by atoms with Gasteiger partial charge in [-0.3, -0.25) is 0 Å². The highest BCUT2D eigenvalue weighted by Crippen LogP contribution is 2.07. The smallest absolute Gasteiger partial charge is 0.225 e. The van der Waals surface area contributed by atoms with Crippen LogP contribution in [0.15, 0.2) is 12.4 Å². The van der Waals surface area contributed by atoms with Crippen LogP contribution < -0.4 is 10.6 Å². The third kappa shape index (κ3) is 2.59. The van der Waals surface area contributed by atoms with Crippen molar-refractivity contribution in [3.8, 4) is 6.07 Å². The monoisotopic (exact) mass is 191 g/mol. The van der Waals surface area contributed by atoms with E-state index in [0.717, 1.165) is 6.54 Å². The van der Waals surface area contributed by atoms with Crippen molar-refractivity contribution in [1.82, 2.24) is 9.97 Å². The van der Waals surface area contributed by atoms with E-state index in [9.17, 15) is 0 Å². The summed E-state index contributed by atoms with van der Waals surface area (Å²) >= 11 is 0. The molecule has 14 heavy (non-hydrogen) atoms. The average molecular weight is 191 g/mol. The number of nitrogens with zero attached hydrogens (tertiary/aromatic N) is 4. The molecule has 0 saturated carbocycles. The van der Waals surface area contributed by atoms with Crippen LogP contribution in [0.4, 0.5) is 11.6 Å². The number of nitriles is 1. The Bertz CT molecular complexity index is 313. The van der Waals surface area contributed by atoms with Crippen molar-refractivity contribution in [3.63, 3.8) is 0 Å². The average Bonchev–Trinajstić information content (AvgIpc) is 2.21. The lowest BCUT2D eigenvalue weighted by atomic mass is 10.4. The summed E-state index contributed by atoms with van der Waals surface area (Å²) in [7, 11) is 0. The quantitative estimate of drug-likeness (QED) is 0.761. The summed E-state index contributed by atoms with van der Waals surface area (Å²) in [6.07, 6.45) is 3.61. The molecule has 1 rings (SSSR count). The molecule has 0 spiro atoms. The van der Waals surface area contributed by atoms with Gasteiger partial charge in [0, 0.05) is 13.1 Å². The molecule has 2 N–H and O–H groups in total. The lowest BCUT2D eigenvalue weighted by Gasteiger charge is -2.18. The second-order valence-electron chi connectivity index (χ2n) is 2.80. The summed E-state index contributed by atoms with van der Waals surface area (Å²) in [4.78, 5) is 10.1. The standard InChI is InChI=1S/C9H13N5/c1-2-14(5-3-4-10)9-12-6-8(11)7-13-9/h6-7H,2-3,5,11H2,1H3. The molecular weight excluding hydrogens is 178 g/mol. The molecule has 1 aromatic heterocycles. The van der Waals surface area contributed by atoms with Crippen LogP contribution >= 0.6 is 0 Å². The Kier molecular flexibility index (Phi) is 3.68. The Morgan fingerprint density at radius 3 is 2.64 bits per heavy atom. The zero-order valence-corrected chi connectivity index (χ0v) is 8.14. The molecule has 0 aromatic carbocycles. The fourth-order valence-electron chi connectivity index (χ4n) is 1.08. The Morgan fingerprint density at radius 2 is 2.14 bits per heavy atom. The predicted octanol–water partition coefficient (Wildman–Crippen LogP) is 0.799. The van der Waals surface area contributed by atoms with Crippen LogP contribution in [-0.2, 0) is 0 Å². The fourth-order valence-corrected chi connectivity index (χ4v) is 1.08. The summed E-state index contributed by atoms with van der Waals surface area (Å²) in [5.41, 5.74) is 6.02. The van der Waals surface area contributed by atoms with Gasteiger partial charge in [-0.25, -0.2) is 9.97 Å². The van der Waals surface area contributed by atoms with E-state index in [0.29, 0.717) is 24.6 Å². The zero-order valence-electron chi connectivity index (χ0n) is 8.14. The highest BCUT2D eigenvalue weighted by atomic mass is 15.2. The van der Waals surface area contributed by atoms with Crippen LogP contribution in [0.2, 0.25) is 0 Å². The lowest BCUT2D eigenvalue weighted by Crippen LogP contribution is -2.25. The minimum Gasteiger partial charge on any atom is -0.396 e. The molecule has 0 fully saturated rings. The first-order chi connectivity index (χ1) is 6.77. The van der Waals surface area contributed by atoms with Crippen molar-refractivity contribution in [2.45, 2.75) is 13.3 Å². The van der Waals surface area contributed by atoms with Crippen molar-refractivity contribution in [3.05, 3.63) is 12.4 Å². The van der Waals surface area contributed by atoms with Gasteiger partial charge in [0.2, 0.25) is 5.95 Å². The molecule has 1 heterocycles. The molecule has 74 valence electrons. The van der Waals surface area contributed by atoms with Gasteiger partial charge in [-0.05, 0) is 6.92 Å². The van der Waals surface area contributed by atoms with E-state index in [2.05, 4.69) is 16.0 Å². The van der Waals surface area contributed by atoms with E-state index < -0.39 is 0 Å². The van der Waals surface area contributed by atoms with Gasteiger partial charge in [-0.2, -0.15) is 5.26 Å². The van der Waals surface area contributed by atoms with Gasteiger partial charge in [-0.1, -0.05) is 0 Å². The molecule has 5 nitrogen and oxygen atoms in total. The maximum absolute atomic E-state index is 8.46.